The highest BCUT2D eigenvalue weighted by atomic mass is 19.4. The third-order valence-electron chi connectivity index (χ3n) is 3.49. The van der Waals surface area contributed by atoms with E-state index in [1.807, 2.05) is 0 Å². The lowest BCUT2D eigenvalue weighted by Crippen LogP contribution is -2.58. The zero-order chi connectivity index (χ0) is 20.8. The summed E-state index contributed by atoms with van der Waals surface area (Å²) in [5, 5.41) is 35.4. The van der Waals surface area contributed by atoms with Gasteiger partial charge in [0.05, 0.1) is 16.7 Å². The molecule has 0 amide bonds. The lowest BCUT2D eigenvalue weighted by atomic mass is 9.62. The molecule has 0 radical (unpaired) electrons. The van der Waals surface area contributed by atoms with Crippen LogP contribution < -0.4 is 0 Å². The maximum absolute atomic E-state index is 13.5. The second-order valence-corrected chi connectivity index (χ2v) is 4.87. The third kappa shape index (κ3) is 2.86. The molecule has 8 nitrogen and oxygen atoms in total. The van der Waals surface area contributed by atoms with E-state index in [1.165, 1.54) is 0 Å². The van der Waals surface area contributed by atoms with Crippen LogP contribution in [0.2, 0.25) is 0 Å². The highest BCUT2D eigenvalue weighted by molar-refractivity contribution is 6.09. The summed E-state index contributed by atoms with van der Waals surface area (Å²) in [5.41, 5.74) is -13.1. The molecule has 0 aromatic rings. The van der Waals surface area contributed by atoms with Gasteiger partial charge in [-0.1, -0.05) is 6.08 Å². The minimum absolute atomic E-state index is 0.481. The number of hydrogen-bond acceptors (Lipinski definition) is 4. The van der Waals surface area contributed by atoms with Crippen molar-refractivity contribution in [2.24, 2.45) is 11.3 Å². The molecule has 1 aliphatic rings. The number of alkyl halides is 6. The van der Waals surface area contributed by atoms with Gasteiger partial charge in [0, 0.05) is 0 Å². The molecule has 26 heavy (non-hydrogen) atoms. The second-order valence-electron chi connectivity index (χ2n) is 4.87. The first kappa shape index (κ1) is 21.0. The van der Waals surface area contributed by atoms with Gasteiger partial charge < -0.3 is 20.4 Å². The van der Waals surface area contributed by atoms with E-state index < -0.39 is 70.4 Å². The third-order valence-corrected chi connectivity index (χ3v) is 3.49. The Bertz CT molecular complexity index is 759. The molecular formula is C12H6F6O8. The SMILES string of the molecule is O=C(O)C1=CC(C(=O)O)C(C(=O)O)(C(F)(F)F)C(C(F)(F)F)=C1C(=O)O. The summed E-state index contributed by atoms with van der Waals surface area (Å²) >= 11 is 0. The van der Waals surface area contributed by atoms with Crippen molar-refractivity contribution in [3.8, 4) is 0 Å². The molecule has 0 bridgehead atoms. The Morgan fingerprint density at radius 3 is 1.58 bits per heavy atom. The van der Waals surface area contributed by atoms with Gasteiger partial charge in [-0.15, -0.1) is 0 Å². The van der Waals surface area contributed by atoms with Crippen LogP contribution in [-0.4, -0.2) is 56.7 Å². The van der Waals surface area contributed by atoms with Crippen molar-refractivity contribution < 1.29 is 65.9 Å². The van der Waals surface area contributed by atoms with E-state index in [0.29, 0.717) is 0 Å². The van der Waals surface area contributed by atoms with Gasteiger partial charge in [-0.05, 0) is 0 Å². The van der Waals surface area contributed by atoms with E-state index in [2.05, 4.69) is 0 Å². The molecule has 144 valence electrons. The second kappa shape index (κ2) is 6.03. The molecular weight excluding hydrogens is 386 g/mol. The average molecular weight is 392 g/mol. The van der Waals surface area contributed by atoms with Gasteiger partial charge in [-0.2, -0.15) is 26.3 Å². The maximum Gasteiger partial charge on any atom is 0.415 e. The maximum atomic E-state index is 13.5. The summed E-state index contributed by atoms with van der Waals surface area (Å²) in [6.07, 6.45) is -13.3. The van der Waals surface area contributed by atoms with Crippen molar-refractivity contribution in [3.05, 3.63) is 22.8 Å². The lowest BCUT2D eigenvalue weighted by molar-refractivity contribution is -0.248. The minimum atomic E-state index is -6.45. The van der Waals surface area contributed by atoms with Crippen LogP contribution in [0.1, 0.15) is 0 Å². The van der Waals surface area contributed by atoms with Gasteiger partial charge in [0.2, 0.25) is 5.41 Å². The van der Waals surface area contributed by atoms with Crippen LogP contribution in [0, 0.1) is 11.3 Å². The first-order valence-electron chi connectivity index (χ1n) is 6.04. The van der Waals surface area contributed by atoms with Crippen molar-refractivity contribution >= 4 is 23.9 Å². The molecule has 4 N–H and O–H groups in total. The predicted octanol–water partition coefficient (Wildman–Crippen LogP) is 1.29. The van der Waals surface area contributed by atoms with E-state index in [0.717, 1.165) is 0 Å². The molecule has 2 atom stereocenters. The number of carboxylic acids is 4. The minimum Gasteiger partial charge on any atom is -0.481 e. The van der Waals surface area contributed by atoms with E-state index >= 15 is 0 Å². The zero-order valence-electron chi connectivity index (χ0n) is 11.8. The summed E-state index contributed by atoms with van der Waals surface area (Å²) in [4.78, 5) is 44.4. The molecule has 0 spiro atoms. The van der Waals surface area contributed by atoms with E-state index in [4.69, 9.17) is 20.4 Å². The Labute approximate surface area is 137 Å². The van der Waals surface area contributed by atoms with Gasteiger partial charge in [0.15, 0.2) is 0 Å². The number of carboxylic acid groups (broad SMARTS) is 4. The largest absolute Gasteiger partial charge is 0.481 e. The van der Waals surface area contributed by atoms with Crippen LogP contribution in [0.15, 0.2) is 22.8 Å². The number of halogens is 6. The summed E-state index contributed by atoms with van der Waals surface area (Å²) in [7, 11) is 0. The molecule has 14 heteroatoms. The molecule has 2 unspecified atom stereocenters. The standard InChI is InChI=1S/C12H6F6O8/c13-11(14,15)5-4(8(23)24)2(6(19)20)1-3(7(21)22)10(5,9(25)26)12(16,17)18/h1,3H,(H,19,20)(H,21,22)(H,23,24)(H,25,26). The first-order valence-corrected chi connectivity index (χ1v) is 6.04. The molecule has 0 fully saturated rings. The summed E-state index contributed by atoms with van der Waals surface area (Å²) in [6, 6.07) is 0. The van der Waals surface area contributed by atoms with Gasteiger partial charge in [0.1, 0.15) is 5.92 Å². The summed E-state index contributed by atoms with van der Waals surface area (Å²) < 4.78 is 80.3. The normalized spacial score (nSPS) is 24.1. The Balaban J connectivity index is 4.33. The van der Waals surface area contributed by atoms with E-state index in [9.17, 15) is 45.5 Å². The Hall–Kier alpha value is -3.06. The Morgan fingerprint density at radius 1 is 0.885 bits per heavy atom. The van der Waals surface area contributed by atoms with Crippen LogP contribution in [-0.2, 0) is 19.2 Å². The van der Waals surface area contributed by atoms with Crippen molar-refractivity contribution in [2.45, 2.75) is 12.4 Å². The van der Waals surface area contributed by atoms with E-state index in [-0.39, 0.29) is 0 Å². The number of rotatable bonds is 4. The number of aliphatic carboxylic acids is 4. The highest BCUT2D eigenvalue weighted by Crippen LogP contribution is 2.59. The summed E-state index contributed by atoms with van der Waals surface area (Å²) in [6.45, 7) is 0. The monoisotopic (exact) mass is 392 g/mol. The van der Waals surface area contributed by atoms with Crippen molar-refractivity contribution in [1.29, 1.82) is 0 Å². The van der Waals surface area contributed by atoms with Gasteiger partial charge in [0.25, 0.3) is 0 Å². The van der Waals surface area contributed by atoms with Gasteiger partial charge in [-0.3, -0.25) is 9.59 Å². The van der Waals surface area contributed by atoms with Crippen molar-refractivity contribution in [2.75, 3.05) is 0 Å². The van der Waals surface area contributed by atoms with Crippen LogP contribution in [0.4, 0.5) is 26.3 Å². The zero-order valence-corrected chi connectivity index (χ0v) is 11.8. The fraction of sp³-hybridized carbons (Fsp3) is 0.333. The van der Waals surface area contributed by atoms with Crippen LogP contribution in [0.3, 0.4) is 0 Å². The fourth-order valence-corrected chi connectivity index (χ4v) is 2.56. The highest BCUT2D eigenvalue weighted by Gasteiger charge is 2.75. The molecule has 0 heterocycles. The molecule has 1 aliphatic carbocycles. The molecule has 0 aromatic carbocycles. The van der Waals surface area contributed by atoms with Crippen LogP contribution >= 0.6 is 0 Å². The average Bonchev–Trinajstić information content (AvgIpc) is 2.41. The van der Waals surface area contributed by atoms with Gasteiger partial charge in [-0.25, -0.2) is 9.59 Å². The first-order chi connectivity index (χ1) is 11.5. The molecule has 1 rings (SSSR count). The number of hydrogen-bond donors (Lipinski definition) is 4. The molecule has 0 saturated heterocycles. The summed E-state index contributed by atoms with van der Waals surface area (Å²) in [5.74, 6) is -15.0. The number of carbonyl (C=O) groups is 4. The molecule has 0 saturated carbocycles. The fourth-order valence-electron chi connectivity index (χ4n) is 2.56. The smallest absolute Gasteiger partial charge is 0.415 e. The Morgan fingerprint density at radius 2 is 1.35 bits per heavy atom. The van der Waals surface area contributed by atoms with E-state index in [1.54, 1.807) is 0 Å². The van der Waals surface area contributed by atoms with Gasteiger partial charge >= 0.3 is 36.2 Å². The lowest BCUT2D eigenvalue weighted by Gasteiger charge is -2.40. The predicted molar refractivity (Wildman–Crippen MR) is 63.7 cm³/mol. The van der Waals surface area contributed by atoms with Crippen molar-refractivity contribution in [3.63, 3.8) is 0 Å². The topological polar surface area (TPSA) is 149 Å². The quantitative estimate of drug-likeness (QED) is 0.523. The molecule has 0 aromatic heterocycles. The van der Waals surface area contributed by atoms with Crippen LogP contribution in [0.25, 0.3) is 0 Å². The Kier molecular flexibility index (Phi) is 4.87. The van der Waals surface area contributed by atoms with Crippen LogP contribution in [0.5, 0.6) is 0 Å². The van der Waals surface area contributed by atoms with Crippen molar-refractivity contribution in [1.82, 2.24) is 0 Å². The molecule has 0 aliphatic heterocycles.